The van der Waals surface area contributed by atoms with Gasteiger partial charge in [-0.2, -0.15) is 5.26 Å². The van der Waals surface area contributed by atoms with E-state index in [0.29, 0.717) is 40.9 Å². The summed E-state index contributed by atoms with van der Waals surface area (Å²) in [6.45, 7) is 1.34. The van der Waals surface area contributed by atoms with Crippen LogP contribution in [0, 0.1) is 11.3 Å². The normalized spacial score (nSPS) is 14.0. The van der Waals surface area contributed by atoms with Gasteiger partial charge in [0.25, 0.3) is 5.91 Å². The van der Waals surface area contributed by atoms with Gasteiger partial charge in [-0.15, -0.1) is 0 Å². The van der Waals surface area contributed by atoms with Gasteiger partial charge in [0.1, 0.15) is 0 Å². The average molecular weight is 410 g/mol. The number of rotatable bonds is 5. The summed E-state index contributed by atoms with van der Waals surface area (Å²) in [4.78, 5) is 28.2. The fourth-order valence-corrected chi connectivity index (χ4v) is 3.87. The largest absolute Gasteiger partial charge is 0.444 e. The summed E-state index contributed by atoms with van der Waals surface area (Å²) in [6, 6.07) is 25.4. The van der Waals surface area contributed by atoms with Crippen molar-refractivity contribution in [3.05, 3.63) is 95.6 Å². The van der Waals surface area contributed by atoms with Crippen LogP contribution in [0.4, 0.5) is 0 Å². The van der Waals surface area contributed by atoms with Crippen LogP contribution in [0.3, 0.4) is 0 Å². The lowest BCUT2D eigenvalue weighted by atomic mass is 9.96. The third-order valence-corrected chi connectivity index (χ3v) is 5.45. The van der Waals surface area contributed by atoms with Crippen molar-refractivity contribution in [3.63, 3.8) is 0 Å². The minimum Gasteiger partial charge on any atom is -0.444 e. The van der Waals surface area contributed by atoms with Gasteiger partial charge in [-0.3, -0.25) is 4.79 Å². The number of carbonyl (C=O) groups excluding carboxylic acids is 2. The lowest BCUT2D eigenvalue weighted by Crippen LogP contribution is -2.35. The number of benzene rings is 3. The number of ether oxygens (including phenoxy) is 1. The van der Waals surface area contributed by atoms with E-state index in [2.05, 4.69) is 6.07 Å². The van der Waals surface area contributed by atoms with Gasteiger partial charge in [0.15, 0.2) is 0 Å². The Morgan fingerprint density at radius 1 is 0.839 bits per heavy atom. The SMILES string of the molecule is N#Cc1ccccc1-c1ccccc1C(=O)O[C@@H](C(=O)N1CCCC1)c1ccccc1. The van der Waals surface area contributed by atoms with E-state index < -0.39 is 12.1 Å². The van der Waals surface area contributed by atoms with Crippen molar-refractivity contribution >= 4 is 11.9 Å². The summed E-state index contributed by atoms with van der Waals surface area (Å²) in [5, 5.41) is 9.48. The van der Waals surface area contributed by atoms with Crippen LogP contribution in [0.1, 0.15) is 40.4 Å². The molecule has 1 fully saturated rings. The zero-order valence-electron chi connectivity index (χ0n) is 17.0. The first-order valence-corrected chi connectivity index (χ1v) is 10.3. The van der Waals surface area contributed by atoms with E-state index in [-0.39, 0.29) is 5.91 Å². The van der Waals surface area contributed by atoms with Crippen LogP contribution in [0.15, 0.2) is 78.9 Å². The number of nitrogens with zero attached hydrogens (tertiary/aromatic N) is 2. The second-order valence-electron chi connectivity index (χ2n) is 7.43. The van der Waals surface area contributed by atoms with Gasteiger partial charge < -0.3 is 9.64 Å². The maximum atomic E-state index is 13.3. The fourth-order valence-electron chi connectivity index (χ4n) is 3.87. The summed E-state index contributed by atoms with van der Waals surface area (Å²) in [6.07, 6.45) is 0.898. The fraction of sp³-hybridized carbons (Fsp3) is 0.192. The lowest BCUT2D eigenvalue weighted by Gasteiger charge is -2.24. The highest BCUT2D eigenvalue weighted by atomic mass is 16.5. The van der Waals surface area contributed by atoms with Crippen molar-refractivity contribution in [1.29, 1.82) is 5.26 Å². The molecule has 0 saturated carbocycles. The summed E-state index contributed by atoms with van der Waals surface area (Å²) in [5.74, 6) is -0.795. The van der Waals surface area contributed by atoms with Gasteiger partial charge >= 0.3 is 5.97 Å². The lowest BCUT2D eigenvalue weighted by molar-refractivity contribution is -0.140. The van der Waals surface area contributed by atoms with Crippen LogP contribution in [0.2, 0.25) is 0 Å². The van der Waals surface area contributed by atoms with Gasteiger partial charge in [0, 0.05) is 24.2 Å². The Labute approximate surface area is 181 Å². The number of amides is 1. The Balaban J connectivity index is 1.69. The molecule has 1 atom stereocenters. The van der Waals surface area contributed by atoms with Crippen molar-refractivity contribution < 1.29 is 14.3 Å². The van der Waals surface area contributed by atoms with Gasteiger partial charge in [0.05, 0.1) is 17.2 Å². The number of carbonyl (C=O) groups is 2. The third kappa shape index (κ3) is 4.34. The molecule has 31 heavy (non-hydrogen) atoms. The van der Waals surface area contributed by atoms with Crippen molar-refractivity contribution in [2.75, 3.05) is 13.1 Å². The van der Waals surface area contributed by atoms with Gasteiger partial charge in [-0.1, -0.05) is 66.7 Å². The van der Waals surface area contributed by atoms with Crippen LogP contribution < -0.4 is 0 Å². The highest BCUT2D eigenvalue weighted by Gasteiger charge is 2.31. The summed E-state index contributed by atoms with van der Waals surface area (Å²) >= 11 is 0. The predicted molar refractivity (Wildman–Crippen MR) is 117 cm³/mol. The van der Waals surface area contributed by atoms with Crippen molar-refractivity contribution in [3.8, 4) is 17.2 Å². The average Bonchev–Trinajstić information content (AvgIpc) is 3.37. The molecule has 0 aromatic heterocycles. The van der Waals surface area contributed by atoms with Crippen LogP contribution >= 0.6 is 0 Å². The monoisotopic (exact) mass is 410 g/mol. The second kappa shape index (κ2) is 9.27. The third-order valence-electron chi connectivity index (χ3n) is 5.45. The molecule has 5 heteroatoms. The maximum Gasteiger partial charge on any atom is 0.339 e. The minimum atomic E-state index is -1.01. The summed E-state index contributed by atoms with van der Waals surface area (Å²) in [5.41, 5.74) is 2.68. The number of nitriles is 1. The number of esters is 1. The van der Waals surface area contributed by atoms with Crippen molar-refractivity contribution in [2.45, 2.75) is 18.9 Å². The van der Waals surface area contributed by atoms with E-state index in [1.807, 2.05) is 30.3 Å². The summed E-state index contributed by atoms with van der Waals surface area (Å²) < 4.78 is 5.82. The Bertz CT molecular complexity index is 1130. The number of hydrogen-bond acceptors (Lipinski definition) is 4. The first kappa shape index (κ1) is 20.4. The number of hydrogen-bond donors (Lipinski definition) is 0. The Morgan fingerprint density at radius 2 is 1.45 bits per heavy atom. The van der Waals surface area contributed by atoms with E-state index in [4.69, 9.17) is 4.74 Å². The molecule has 0 radical (unpaired) electrons. The molecule has 0 spiro atoms. The molecule has 1 aliphatic rings. The molecule has 1 saturated heterocycles. The Hall–Kier alpha value is -3.91. The highest BCUT2D eigenvalue weighted by Crippen LogP contribution is 2.30. The summed E-state index contributed by atoms with van der Waals surface area (Å²) in [7, 11) is 0. The molecule has 0 bridgehead atoms. The molecule has 1 heterocycles. The van der Waals surface area contributed by atoms with Gasteiger partial charge in [0.2, 0.25) is 6.10 Å². The molecule has 5 nitrogen and oxygen atoms in total. The zero-order chi connectivity index (χ0) is 21.6. The molecule has 0 N–H and O–H groups in total. The van der Waals surface area contributed by atoms with E-state index in [1.165, 1.54) is 0 Å². The van der Waals surface area contributed by atoms with Crippen LogP contribution in [-0.2, 0) is 9.53 Å². The zero-order valence-corrected chi connectivity index (χ0v) is 17.0. The molecule has 1 amide bonds. The van der Waals surface area contributed by atoms with Crippen LogP contribution in [0.5, 0.6) is 0 Å². The topological polar surface area (TPSA) is 70.4 Å². The molecule has 154 valence electrons. The van der Waals surface area contributed by atoms with Gasteiger partial charge in [-0.25, -0.2) is 4.79 Å². The molecule has 1 aliphatic heterocycles. The molecular weight excluding hydrogens is 388 g/mol. The van der Waals surface area contributed by atoms with E-state index in [1.54, 1.807) is 53.4 Å². The van der Waals surface area contributed by atoms with Crippen LogP contribution in [0.25, 0.3) is 11.1 Å². The van der Waals surface area contributed by atoms with Crippen molar-refractivity contribution in [1.82, 2.24) is 4.90 Å². The van der Waals surface area contributed by atoms with Crippen molar-refractivity contribution in [2.24, 2.45) is 0 Å². The smallest absolute Gasteiger partial charge is 0.339 e. The molecular formula is C26H22N2O3. The molecule has 0 unspecified atom stereocenters. The first-order chi connectivity index (χ1) is 15.2. The first-order valence-electron chi connectivity index (χ1n) is 10.3. The molecule has 3 aromatic carbocycles. The van der Waals surface area contributed by atoms with E-state index in [0.717, 1.165) is 12.8 Å². The maximum absolute atomic E-state index is 13.3. The Morgan fingerprint density at radius 3 is 2.16 bits per heavy atom. The highest BCUT2D eigenvalue weighted by molar-refractivity contribution is 5.99. The molecule has 3 aromatic rings. The van der Waals surface area contributed by atoms with Crippen LogP contribution in [-0.4, -0.2) is 29.9 Å². The molecule has 0 aliphatic carbocycles. The molecule has 4 rings (SSSR count). The quantitative estimate of drug-likeness (QED) is 0.570. The van der Waals surface area contributed by atoms with E-state index in [9.17, 15) is 14.9 Å². The van der Waals surface area contributed by atoms with E-state index >= 15 is 0 Å². The number of likely N-dealkylation sites (tertiary alicyclic amines) is 1. The predicted octanol–water partition coefficient (Wildman–Crippen LogP) is 4.75. The second-order valence-corrected chi connectivity index (χ2v) is 7.43. The Kier molecular flexibility index (Phi) is 6.09. The standard InChI is InChI=1S/C26H22N2O3/c27-18-20-12-4-5-13-21(20)22-14-6-7-15-23(22)26(30)31-24(19-10-2-1-3-11-19)25(29)28-16-8-9-17-28/h1-7,10-15,24H,8-9,16-17H2/t24-/m1/s1. The minimum absolute atomic E-state index is 0.202. The van der Waals surface area contributed by atoms with Gasteiger partial charge in [-0.05, 0) is 30.5 Å².